The monoisotopic (exact) mass is 231 g/mol. The van der Waals surface area contributed by atoms with Crippen LogP contribution in [-0.4, -0.2) is 16.2 Å². The van der Waals surface area contributed by atoms with Gasteiger partial charge >= 0.3 is 0 Å². The summed E-state index contributed by atoms with van der Waals surface area (Å²) in [5.74, 6) is 0.512. The van der Waals surface area contributed by atoms with Gasteiger partial charge in [-0.15, -0.1) is 0 Å². The lowest BCUT2D eigenvalue weighted by Crippen LogP contribution is -1.97. The van der Waals surface area contributed by atoms with Crippen molar-refractivity contribution in [3.05, 3.63) is 35.9 Å². The van der Waals surface area contributed by atoms with E-state index in [1.54, 1.807) is 0 Å². The number of benzene rings is 1. The predicted octanol–water partition coefficient (Wildman–Crippen LogP) is 2.76. The van der Waals surface area contributed by atoms with Crippen molar-refractivity contribution in [1.82, 2.24) is 9.97 Å². The summed E-state index contributed by atoms with van der Waals surface area (Å²) in [6.07, 6.45) is 1.94. The van der Waals surface area contributed by atoms with E-state index in [0.717, 1.165) is 11.3 Å². The van der Waals surface area contributed by atoms with E-state index in [-0.39, 0.29) is 0 Å². The van der Waals surface area contributed by atoms with Gasteiger partial charge in [0.05, 0.1) is 5.69 Å². The minimum atomic E-state index is 0.512. The van der Waals surface area contributed by atoms with Crippen molar-refractivity contribution >= 4 is 17.6 Å². The Morgan fingerprint density at radius 1 is 1.19 bits per heavy atom. The van der Waals surface area contributed by atoms with Gasteiger partial charge in [0.25, 0.3) is 0 Å². The number of rotatable bonds is 2. The van der Waals surface area contributed by atoms with E-state index in [4.69, 9.17) is 5.73 Å². The number of hydrogen-bond acceptors (Lipinski definition) is 4. The first-order valence-electron chi connectivity index (χ1n) is 4.95. The summed E-state index contributed by atoms with van der Waals surface area (Å²) in [4.78, 5) is 8.59. The van der Waals surface area contributed by atoms with E-state index >= 15 is 0 Å². The van der Waals surface area contributed by atoms with Crippen molar-refractivity contribution in [3.63, 3.8) is 0 Å². The SMILES string of the molecule is CSc1nc(N)cc(-c2ccccc2C)n1. The number of nitrogens with zero attached hydrogens (tertiary/aromatic N) is 2. The maximum absolute atomic E-state index is 5.76. The second-order valence-corrected chi connectivity index (χ2v) is 4.25. The second-order valence-electron chi connectivity index (χ2n) is 3.48. The van der Waals surface area contributed by atoms with Crippen LogP contribution in [0.1, 0.15) is 5.56 Å². The Bertz CT molecular complexity index is 511. The highest BCUT2D eigenvalue weighted by atomic mass is 32.2. The molecule has 0 spiro atoms. The Morgan fingerprint density at radius 2 is 1.94 bits per heavy atom. The quantitative estimate of drug-likeness (QED) is 0.638. The molecule has 0 radical (unpaired) electrons. The topological polar surface area (TPSA) is 51.8 Å². The summed E-state index contributed by atoms with van der Waals surface area (Å²) in [6, 6.07) is 9.92. The smallest absolute Gasteiger partial charge is 0.189 e. The van der Waals surface area contributed by atoms with Crippen LogP contribution in [0.4, 0.5) is 5.82 Å². The Balaban J connectivity index is 2.56. The van der Waals surface area contributed by atoms with E-state index < -0.39 is 0 Å². The van der Waals surface area contributed by atoms with Crippen molar-refractivity contribution in [2.75, 3.05) is 12.0 Å². The van der Waals surface area contributed by atoms with Crippen molar-refractivity contribution in [2.24, 2.45) is 0 Å². The molecule has 2 aromatic rings. The molecule has 0 aliphatic rings. The normalized spacial score (nSPS) is 10.4. The number of nitrogen functional groups attached to an aromatic ring is 1. The summed E-state index contributed by atoms with van der Waals surface area (Å²) in [5.41, 5.74) is 8.93. The van der Waals surface area contributed by atoms with Gasteiger partial charge in [-0.1, -0.05) is 36.0 Å². The highest BCUT2D eigenvalue weighted by Crippen LogP contribution is 2.24. The van der Waals surface area contributed by atoms with E-state index in [1.807, 2.05) is 30.5 Å². The van der Waals surface area contributed by atoms with Gasteiger partial charge in [-0.3, -0.25) is 0 Å². The predicted molar refractivity (Wildman–Crippen MR) is 68.4 cm³/mol. The fourth-order valence-corrected chi connectivity index (χ4v) is 1.92. The average molecular weight is 231 g/mol. The zero-order valence-electron chi connectivity index (χ0n) is 9.27. The van der Waals surface area contributed by atoms with Crippen molar-refractivity contribution in [2.45, 2.75) is 12.1 Å². The lowest BCUT2D eigenvalue weighted by atomic mass is 10.1. The zero-order chi connectivity index (χ0) is 11.5. The molecule has 0 aliphatic heterocycles. The third kappa shape index (κ3) is 2.17. The van der Waals surface area contributed by atoms with E-state index in [0.29, 0.717) is 11.0 Å². The molecule has 1 heterocycles. The van der Waals surface area contributed by atoms with Crippen molar-refractivity contribution < 1.29 is 0 Å². The van der Waals surface area contributed by atoms with Crippen LogP contribution in [0.25, 0.3) is 11.3 Å². The standard InChI is InChI=1S/C12H13N3S/c1-8-5-3-4-6-9(8)10-7-11(13)15-12(14-10)16-2/h3-7H,1-2H3,(H2,13,14,15). The molecule has 0 atom stereocenters. The lowest BCUT2D eigenvalue weighted by molar-refractivity contribution is 0.984. The van der Waals surface area contributed by atoms with Gasteiger partial charge in [0.2, 0.25) is 0 Å². The molecule has 0 saturated heterocycles. The van der Waals surface area contributed by atoms with Gasteiger partial charge in [0.15, 0.2) is 5.16 Å². The maximum atomic E-state index is 5.76. The van der Waals surface area contributed by atoms with E-state index in [1.165, 1.54) is 17.3 Å². The first-order valence-corrected chi connectivity index (χ1v) is 6.17. The first-order chi connectivity index (χ1) is 7.70. The number of nitrogens with two attached hydrogens (primary N) is 1. The minimum absolute atomic E-state index is 0.512. The molecule has 4 heteroatoms. The highest BCUT2D eigenvalue weighted by Gasteiger charge is 2.06. The lowest BCUT2D eigenvalue weighted by Gasteiger charge is -2.06. The minimum Gasteiger partial charge on any atom is -0.384 e. The largest absolute Gasteiger partial charge is 0.384 e. The van der Waals surface area contributed by atoms with Gasteiger partial charge in [-0.25, -0.2) is 9.97 Å². The molecule has 2 rings (SSSR count). The van der Waals surface area contributed by atoms with Crippen LogP contribution in [0.5, 0.6) is 0 Å². The van der Waals surface area contributed by atoms with Crippen LogP contribution in [0, 0.1) is 6.92 Å². The number of anilines is 1. The number of aromatic nitrogens is 2. The molecule has 0 unspecified atom stereocenters. The van der Waals surface area contributed by atoms with Crippen LogP contribution in [0.3, 0.4) is 0 Å². The summed E-state index contributed by atoms with van der Waals surface area (Å²) in [6.45, 7) is 2.06. The van der Waals surface area contributed by atoms with Gasteiger partial charge < -0.3 is 5.73 Å². The molecule has 1 aromatic heterocycles. The zero-order valence-corrected chi connectivity index (χ0v) is 10.1. The fourth-order valence-electron chi connectivity index (χ4n) is 1.53. The molecule has 3 nitrogen and oxygen atoms in total. The first kappa shape index (κ1) is 11.0. The van der Waals surface area contributed by atoms with Gasteiger partial charge in [-0.2, -0.15) is 0 Å². The molecule has 1 aromatic carbocycles. The third-order valence-corrected chi connectivity index (χ3v) is 2.88. The Kier molecular flexibility index (Phi) is 3.10. The van der Waals surface area contributed by atoms with Crippen molar-refractivity contribution in [1.29, 1.82) is 0 Å². The number of hydrogen-bond donors (Lipinski definition) is 1. The molecule has 16 heavy (non-hydrogen) atoms. The Hall–Kier alpha value is -1.55. The molecule has 0 aliphatic carbocycles. The van der Waals surface area contributed by atoms with Gasteiger partial charge in [0, 0.05) is 11.6 Å². The summed E-state index contributed by atoms with van der Waals surface area (Å²) >= 11 is 1.50. The second kappa shape index (κ2) is 4.53. The van der Waals surface area contributed by atoms with Crippen LogP contribution in [0.2, 0.25) is 0 Å². The molecular weight excluding hydrogens is 218 g/mol. The molecule has 0 amide bonds. The molecule has 82 valence electrons. The molecule has 2 N–H and O–H groups in total. The van der Waals surface area contributed by atoms with Crippen LogP contribution >= 0.6 is 11.8 Å². The Morgan fingerprint density at radius 3 is 2.62 bits per heavy atom. The number of thioether (sulfide) groups is 1. The van der Waals surface area contributed by atoms with Crippen LogP contribution in [-0.2, 0) is 0 Å². The van der Waals surface area contributed by atoms with Crippen molar-refractivity contribution in [3.8, 4) is 11.3 Å². The van der Waals surface area contributed by atoms with E-state index in [9.17, 15) is 0 Å². The number of aryl methyl sites for hydroxylation is 1. The molecule has 0 bridgehead atoms. The highest BCUT2D eigenvalue weighted by molar-refractivity contribution is 7.98. The van der Waals surface area contributed by atoms with Crippen LogP contribution < -0.4 is 5.73 Å². The molecular formula is C12H13N3S. The molecule has 0 fully saturated rings. The summed E-state index contributed by atoms with van der Waals surface area (Å²) < 4.78 is 0. The Labute approximate surface area is 99.1 Å². The van der Waals surface area contributed by atoms with Gasteiger partial charge in [-0.05, 0) is 18.7 Å². The fraction of sp³-hybridized carbons (Fsp3) is 0.167. The van der Waals surface area contributed by atoms with E-state index in [2.05, 4.69) is 23.0 Å². The third-order valence-electron chi connectivity index (χ3n) is 2.33. The van der Waals surface area contributed by atoms with Crippen LogP contribution in [0.15, 0.2) is 35.5 Å². The molecule has 0 saturated carbocycles. The average Bonchev–Trinajstić information content (AvgIpc) is 2.28. The summed E-state index contributed by atoms with van der Waals surface area (Å²) in [5, 5.41) is 0.707. The summed E-state index contributed by atoms with van der Waals surface area (Å²) in [7, 11) is 0. The maximum Gasteiger partial charge on any atom is 0.189 e. The van der Waals surface area contributed by atoms with Gasteiger partial charge in [0.1, 0.15) is 5.82 Å².